The number of aliphatic hydroxyl groups is 2. The van der Waals surface area contributed by atoms with Gasteiger partial charge in [-0.3, -0.25) is 4.31 Å². The Hall–Kier alpha value is -1.80. The van der Waals surface area contributed by atoms with Crippen LogP contribution in [0.1, 0.15) is 12.0 Å². The van der Waals surface area contributed by atoms with Crippen LogP contribution in [-0.4, -0.2) is 44.4 Å². The van der Waals surface area contributed by atoms with Crippen LogP contribution in [0.4, 0.5) is 11.4 Å². The molecule has 0 saturated heterocycles. The monoisotopic (exact) mass is 396 g/mol. The molecule has 6 nitrogen and oxygen atoms in total. The van der Waals surface area contributed by atoms with Crippen molar-refractivity contribution in [1.82, 2.24) is 0 Å². The Labute approximate surface area is 158 Å². The molecular weight excluding hydrogens is 376 g/mol. The molecule has 26 heavy (non-hydrogen) atoms. The highest BCUT2D eigenvalue weighted by atomic mass is 35.5. The van der Waals surface area contributed by atoms with E-state index in [1.807, 2.05) is 24.3 Å². The van der Waals surface area contributed by atoms with Crippen molar-refractivity contribution in [3.63, 3.8) is 0 Å². The lowest BCUT2D eigenvalue weighted by Gasteiger charge is -2.30. The molecule has 0 saturated carbocycles. The molecule has 0 bridgehead atoms. The normalized spacial score (nSPS) is 15.4. The first-order valence-corrected chi connectivity index (χ1v) is 10.2. The third-order valence-corrected chi connectivity index (χ3v) is 6.47. The van der Waals surface area contributed by atoms with E-state index in [2.05, 4.69) is 5.32 Å². The van der Waals surface area contributed by atoms with E-state index >= 15 is 0 Å². The smallest absolute Gasteiger partial charge is 0.264 e. The van der Waals surface area contributed by atoms with Gasteiger partial charge in [0, 0.05) is 13.1 Å². The second-order valence-electron chi connectivity index (χ2n) is 6.17. The first-order chi connectivity index (χ1) is 12.4. The van der Waals surface area contributed by atoms with Crippen LogP contribution in [0.3, 0.4) is 0 Å². The van der Waals surface area contributed by atoms with E-state index in [1.54, 1.807) is 0 Å². The third kappa shape index (κ3) is 3.81. The van der Waals surface area contributed by atoms with Crippen LogP contribution in [0.25, 0.3) is 0 Å². The molecule has 0 fully saturated rings. The molecule has 1 aliphatic rings. The molecule has 1 atom stereocenters. The van der Waals surface area contributed by atoms with Crippen molar-refractivity contribution in [3.8, 4) is 0 Å². The number of benzene rings is 2. The Morgan fingerprint density at radius 1 is 1.23 bits per heavy atom. The van der Waals surface area contributed by atoms with Crippen molar-refractivity contribution in [2.45, 2.75) is 23.8 Å². The molecule has 8 heteroatoms. The fourth-order valence-corrected chi connectivity index (χ4v) is 4.72. The quantitative estimate of drug-likeness (QED) is 0.696. The maximum Gasteiger partial charge on any atom is 0.264 e. The van der Waals surface area contributed by atoms with Crippen LogP contribution < -0.4 is 9.62 Å². The number of rotatable bonds is 6. The average Bonchev–Trinajstić information content (AvgIpc) is 2.66. The highest BCUT2D eigenvalue weighted by Crippen LogP contribution is 2.33. The number of para-hydroxylation sites is 1. The molecule has 140 valence electrons. The first-order valence-electron chi connectivity index (χ1n) is 8.36. The lowest BCUT2D eigenvalue weighted by atomic mass is 10.0. The highest BCUT2D eigenvalue weighted by Gasteiger charge is 2.29. The van der Waals surface area contributed by atoms with Crippen molar-refractivity contribution in [2.75, 3.05) is 29.3 Å². The molecule has 1 unspecified atom stereocenters. The fraction of sp³-hybridized carbons (Fsp3) is 0.333. The number of aliphatic hydroxyl groups excluding tert-OH is 2. The third-order valence-electron chi connectivity index (χ3n) is 4.33. The van der Waals surface area contributed by atoms with Gasteiger partial charge in [0.25, 0.3) is 10.0 Å². The van der Waals surface area contributed by atoms with Gasteiger partial charge < -0.3 is 15.5 Å². The first kappa shape index (κ1) is 19.0. The zero-order valence-corrected chi connectivity index (χ0v) is 15.7. The Kier molecular flexibility index (Phi) is 5.72. The number of aryl methyl sites for hydroxylation is 1. The number of sulfonamides is 1. The van der Waals surface area contributed by atoms with Gasteiger partial charge in [0.1, 0.15) is 0 Å². The van der Waals surface area contributed by atoms with Crippen molar-refractivity contribution in [1.29, 1.82) is 0 Å². The number of nitrogens with one attached hydrogen (secondary N) is 1. The van der Waals surface area contributed by atoms with E-state index in [0.29, 0.717) is 22.9 Å². The van der Waals surface area contributed by atoms with E-state index < -0.39 is 22.7 Å². The molecule has 1 heterocycles. The van der Waals surface area contributed by atoms with Gasteiger partial charge in [-0.15, -0.1) is 0 Å². The summed E-state index contributed by atoms with van der Waals surface area (Å²) in [5.74, 6) is 0. The molecule has 0 radical (unpaired) electrons. The lowest BCUT2D eigenvalue weighted by molar-refractivity contribution is 0.105. The molecule has 2 aromatic rings. The van der Waals surface area contributed by atoms with Crippen LogP contribution in [0, 0.1) is 0 Å². The van der Waals surface area contributed by atoms with Crippen LogP contribution in [-0.2, 0) is 16.4 Å². The largest absolute Gasteiger partial charge is 0.394 e. The topological polar surface area (TPSA) is 89.9 Å². The van der Waals surface area contributed by atoms with Gasteiger partial charge in [0.15, 0.2) is 0 Å². The molecule has 1 aliphatic heterocycles. The Balaban J connectivity index is 1.93. The van der Waals surface area contributed by atoms with Gasteiger partial charge in [0.05, 0.1) is 34.0 Å². The van der Waals surface area contributed by atoms with E-state index in [1.165, 1.54) is 22.5 Å². The lowest BCUT2D eigenvalue weighted by Crippen LogP contribution is -2.35. The number of hydrogen-bond donors (Lipinski definition) is 3. The predicted octanol–water partition coefficient (Wildman–Crippen LogP) is 2.25. The summed E-state index contributed by atoms with van der Waals surface area (Å²) in [5.41, 5.74) is 2.12. The number of anilines is 2. The molecule has 0 amide bonds. The predicted molar refractivity (Wildman–Crippen MR) is 102 cm³/mol. The SMILES string of the molecule is O=S(=O)(c1ccc(Cl)c(NCC(O)CO)c1)N1CCCc2ccccc21. The number of fused-ring (bicyclic) bond motifs is 1. The summed E-state index contributed by atoms with van der Waals surface area (Å²) in [7, 11) is -3.74. The second-order valence-corrected chi connectivity index (χ2v) is 8.44. The minimum atomic E-state index is -3.74. The number of nitrogens with zero attached hydrogens (tertiary/aromatic N) is 1. The minimum Gasteiger partial charge on any atom is -0.394 e. The van der Waals surface area contributed by atoms with E-state index in [4.69, 9.17) is 16.7 Å². The number of hydrogen-bond acceptors (Lipinski definition) is 5. The number of halogens is 1. The summed E-state index contributed by atoms with van der Waals surface area (Å²) >= 11 is 6.12. The van der Waals surface area contributed by atoms with Crippen LogP contribution in [0.5, 0.6) is 0 Å². The standard InChI is InChI=1S/C18H21ClN2O4S/c19-16-8-7-15(10-17(16)20-11-14(23)12-22)26(24,25)21-9-3-5-13-4-1-2-6-18(13)21/h1-2,4,6-8,10,14,20,22-23H,3,5,9,11-12H2. The zero-order chi connectivity index (χ0) is 18.7. The van der Waals surface area contributed by atoms with E-state index in [-0.39, 0.29) is 11.4 Å². The molecule has 0 aliphatic carbocycles. The summed E-state index contributed by atoms with van der Waals surface area (Å²) in [4.78, 5) is 0.125. The minimum absolute atomic E-state index is 0.0618. The molecule has 3 N–H and O–H groups in total. The van der Waals surface area contributed by atoms with E-state index in [0.717, 1.165) is 18.4 Å². The molecule has 3 rings (SSSR count). The van der Waals surface area contributed by atoms with Crippen LogP contribution in [0.2, 0.25) is 5.02 Å². The van der Waals surface area contributed by atoms with Crippen molar-refractivity contribution in [2.24, 2.45) is 0 Å². The van der Waals surface area contributed by atoms with E-state index in [9.17, 15) is 13.5 Å². The van der Waals surface area contributed by atoms with Gasteiger partial charge in [0.2, 0.25) is 0 Å². The van der Waals surface area contributed by atoms with Crippen molar-refractivity contribution < 1.29 is 18.6 Å². The van der Waals surface area contributed by atoms with Crippen LogP contribution >= 0.6 is 11.6 Å². The summed E-state index contributed by atoms with van der Waals surface area (Å²) in [6, 6.07) is 11.9. The Bertz CT molecular complexity index is 889. The van der Waals surface area contributed by atoms with Gasteiger partial charge >= 0.3 is 0 Å². The van der Waals surface area contributed by atoms with Gasteiger partial charge in [-0.05, 0) is 42.7 Å². The molecule has 0 spiro atoms. The van der Waals surface area contributed by atoms with Gasteiger partial charge in [-0.1, -0.05) is 29.8 Å². The second kappa shape index (κ2) is 7.84. The van der Waals surface area contributed by atoms with Gasteiger partial charge in [-0.25, -0.2) is 8.42 Å². The Morgan fingerprint density at radius 3 is 2.77 bits per heavy atom. The zero-order valence-electron chi connectivity index (χ0n) is 14.1. The fourth-order valence-electron chi connectivity index (χ4n) is 2.97. The van der Waals surface area contributed by atoms with Crippen LogP contribution in [0.15, 0.2) is 47.4 Å². The molecular formula is C18H21ClN2O4S. The van der Waals surface area contributed by atoms with Crippen molar-refractivity contribution in [3.05, 3.63) is 53.1 Å². The summed E-state index contributed by atoms with van der Waals surface area (Å²) in [5, 5.41) is 21.6. The molecule has 0 aromatic heterocycles. The van der Waals surface area contributed by atoms with Gasteiger partial charge in [-0.2, -0.15) is 0 Å². The maximum atomic E-state index is 13.2. The maximum absolute atomic E-state index is 13.2. The van der Waals surface area contributed by atoms with Crippen molar-refractivity contribution >= 4 is 33.0 Å². The molecule has 2 aromatic carbocycles. The summed E-state index contributed by atoms with van der Waals surface area (Å²) in [6.45, 7) is 0.0907. The highest BCUT2D eigenvalue weighted by molar-refractivity contribution is 7.92. The Morgan fingerprint density at radius 2 is 2.00 bits per heavy atom. The summed E-state index contributed by atoms with van der Waals surface area (Å²) < 4.78 is 27.8. The summed E-state index contributed by atoms with van der Waals surface area (Å²) in [6.07, 6.45) is 0.659. The average molecular weight is 397 g/mol.